The molecule has 1 saturated carbocycles. The fourth-order valence-corrected chi connectivity index (χ4v) is 2.24. The summed E-state index contributed by atoms with van der Waals surface area (Å²) >= 11 is 0. The molecule has 6 nitrogen and oxygen atoms in total. The Morgan fingerprint density at radius 2 is 2.29 bits per heavy atom. The van der Waals surface area contributed by atoms with Gasteiger partial charge in [0.25, 0.3) is 0 Å². The van der Waals surface area contributed by atoms with E-state index in [0.717, 1.165) is 18.4 Å². The predicted octanol–water partition coefficient (Wildman–Crippen LogP) is 0.127. The summed E-state index contributed by atoms with van der Waals surface area (Å²) in [5, 5.41) is 6.30. The SMILES string of the molecule is Cc1cn[nH]c1NS(=O)(=O)NC1CC1. The fourth-order valence-electron chi connectivity index (χ4n) is 1.03. The molecule has 1 aliphatic carbocycles. The van der Waals surface area contributed by atoms with Gasteiger partial charge in [0, 0.05) is 11.6 Å². The van der Waals surface area contributed by atoms with Crippen LogP contribution >= 0.6 is 0 Å². The first-order chi connectivity index (χ1) is 6.57. The van der Waals surface area contributed by atoms with E-state index in [4.69, 9.17) is 0 Å². The number of H-pyrrole nitrogens is 1. The number of rotatable bonds is 4. The Hall–Kier alpha value is -1.08. The molecule has 1 heterocycles. The number of anilines is 1. The first-order valence-electron chi connectivity index (χ1n) is 4.37. The topological polar surface area (TPSA) is 86.9 Å². The molecule has 0 unspecified atom stereocenters. The smallest absolute Gasteiger partial charge is 0.262 e. The quantitative estimate of drug-likeness (QED) is 0.668. The molecule has 78 valence electrons. The Kier molecular flexibility index (Phi) is 2.20. The van der Waals surface area contributed by atoms with Gasteiger partial charge in [0.2, 0.25) is 0 Å². The molecule has 1 aliphatic rings. The van der Waals surface area contributed by atoms with Crippen LogP contribution in [0.5, 0.6) is 0 Å². The molecule has 0 aromatic carbocycles. The molecular weight excluding hydrogens is 204 g/mol. The van der Waals surface area contributed by atoms with Crippen LogP contribution < -0.4 is 9.44 Å². The predicted molar refractivity (Wildman–Crippen MR) is 52.0 cm³/mol. The van der Waals surface area contributed by atoms with Gasteiger partial charge in [-0.05, 0) is 19.8 Å². The summed E-state index contributed by atoms with van der Waals surface area (Å²) in [7, 11) is -3.44. The Bertz CT molecular complexity index is 421. The number of nitrogens with one attached hydrogen (secondary N) is 3. The summed E-state index contributed by atoms with van der Waals surface area (Å²) < 4.78 is 27.8. The van der Waals surface area contributed by atoms with E-state index in [0.29, 0.717) is 5.82 Å². The highest BCUT2D eigenvalue weighted by molar-refractivity contribution is 7.90. The number of nitrogens with zero attached hydrogens (tertiary/aromatic N) is 1. The second-order valence-electron chi connectivity index (χ2n) is 3.43. The van der Waals surface area contributed by atoms with Crippen molar-refractivity contribution in [1.82, 2.24) is 14.9 Å². The van der Waals surface area contributed by atoms with Crippen molar-refractivity contribution >= 4 is 16.0 Å². The zero-order valence-corrected chi connectivity index (χ0v) is 8.56. The van der Waals surface area contributed by atoms with Crippen LogP contribution in [-0.2, 0) is 10.2 Å². The molecule has 1 aromatic heterocycles. The van der Waals surface area contributed by atoms with Gasteiger partial charge in [0.15, 0.2) is 0 Å². The van der Waals surface area contributed by atoms with E-state index in [2.05, 4.69) is 19.6 Å². The van der Waals surface area contributed by atoms with Gasteiger partial charge in [-0.15, -0.1) is 0 Å². The third-order valence-corrected chi connectivity index (χ3v) is 3.08. The van der Waals surface area contributed by atoms with Crippen LogP contribution in [0.3, 0.4) is 0 Å². The summed E-state index contributed by atoms with van der Waals surface area (Å²) in [6.07, 6.45) is 3.40. The first kappa shape index (κ1) is 9.47. The minimum absolute atomic E-state index is 0.107. The first-order valence-corrected chi connectivity index (χ1v) is 5.85. The zero-order chi connectivity index (χ0) is 10.2. The van der Waals surface area contributed by atoms with E-state index < -0.39 is 10.2 Å². The summed E-state index contributed by atoms with van der Waals surface area (Å²) in [6, 6.07) is 0.107. The van der Waals surface area contributed by atoms with Crippen LogP contribution in [0.4, 0.5) is 5.82 Å². The van der Waals surface area contributed by atoms with Gasteiger partial charge in [-0.1, -0.05) is 0 Å². The number of hydrogen-bond acceptors (Lipinski definition) is 3. The molecule has 0 atom stereocenters. The van der Waals surface area contributed by atoms with Crippen LogP contribution in [0.1, 0.15) is 18.4 Å². The molecule has 1 aromatic rings. The second kappa shape index (κ2) is 3.25. The van der Waals surface area contributed by atoms with Crippen molar-refractivity contribution in [3.63, 3.8) is 0 Å². The van der Waals surface area contributed by atoms with Gasteiger partial charge in [-0.2, -0.15) is 18.2 Å². The molecular formula is C7H12N4O2S. The van der Waals surface area contributed by atoms with E-state index in [-0.39, 0.29) is 6.04 Å². The molecule has 0 amide bonds. The van der Waals surface area contributed by atoms with E-state index in [1.165, 1.54) is 0 Å². The maximum Gasteiger partial charge on any atom is 0.300 e. The average Bonchev–Trinajstić information content (AvgIpc) is 2.77. The molecule has 3 N–H and O–H groups in total. The van der Waals surface area contributed by atoms with Crippen molar-refractivity contribution in [2.75, 3.05) is 4.72 Å². The lowest BCUT2D eigenvalue weighted by atomic mass is 10.4. The molecule has 14 heavy (non-hydrogen) atoms. The van der Waals surface area contributed by atoms with Crippen molar-refractivity contribution in [1.29, 1.82) is 0 Å². The lowest BCUT2D eigenvalue weighted by molar-refractivity contribution is 0.586. The molecule has 0 saturated heterocycles. The van der Waals surface area contributed by atoms with E-state index in [9.17, 15) is 8.42 Å². The van der Waals surface area contributed by atoms with Crippen molar-refractivity contribution in [2.24, 2.45) is 0 Å². The zero-order valence-electron chi connectivity index (χ0n) is 7.74. The van der Waals surface area contributed by atoms with Crippen molar-refractivity contribution in [2.45, 2.75) is 25.8 Å². The molecule has 2 rings (SSSR count). The number of aryl methyl sites for hydroxylation is 1. The number of hydrogen-bond donors (Lipinski definition) is 3. The van der Waals surface area contributed by atoms with E-state index in [1.54, 1.807) is 13.1 Å². The maximum absolute atomic E-state index is 11.4. The minimum Gasteiger partial charge on any atom is -0.262 e. The molecule has 0 aliphatic heterocycles. The maximum atomic E-state index is 11.4. The minimum atomic E-state index is -3.44. The van der Waals surface area contributed by atoms with E-state index >= 15 is 0 Å². The lowest BCUT2D eigenvalue weighted by Crippen LogP contribution is -2.32. The lowest BCUT2D eigenvalue weighted by Gasteiger charge is -2.06. The Balaban J connectivity index is 2.05. The Morgan fingerprint density at radius 1 is 1.57 bits per heavy atom. The van der Waals surface area contributed by atoms with Crippen LogP contribution in [0.2, 0.25) is 0 Å². The molecule has 0 bridgehead atoms. The molecule has 0 radical (unpaired) electrons. The van der Waals surface area contributed by atoms with Crippen LogP contribution in [0, 0.1) is 6.92 Å². The van der Waals surface area contributed by atoms with Gasteiger partial charge >= 0.3 is 10.2 Å². The molecule has 0 spiro atoms. The van der Waals surface area contributed by atoms with Gasteiger partial charge in [-0.3, -0.25) is 9.82 Å². The van der Waals surface area contributed by atoms with Gasteiger partial charge in [0.05, 0.1) is 6.20 Å². The van der Waals surface area contributed by atoms with Gasteiger partial charge in [0.1, 0.15) is 5.82 Å². The summed E-state index contributed by atoms with van der Waals surface area (Å²) in [6.45, 7) is 1.78. The van der Waals surface area contributed by atoms with Crippen molar-refractivity contribution < 1.29 is 8.42 Å². The third kappa shape index (κ3) is 2.24. The third-order valence-electron chi connectivity index (χ3n) is 1.96. The highest BCUT2D eigenvalue weighted by Crippen LogP contribution is 2.20. The molecule has 7 heteroatoms. The van der Waals surface area contributed by atoms with Crippen molar-refractivity contribution in [3.8, 4) is 0 Å². The highest BCUT2D eigenvalue weighted by Gasteiger charge is 2.27. The molecule has 1 fully saturated rings. The standard InChI is InChI=1S/C7H12N4O2S/c1-5-4-8-9-7(5)11-14(12,13)10-6-2-3-6/h4,6,10H,2-3H2,1H3,(H2,8,9,11). The Labute approximate surface area is 82.3 Å². The highest BCUT2D eigenvalue weighted by atomic mass is 32.2. The average molecular weight is 216 g/mol. The van der Waals surface area contributed by atoms with Crippen LogP contribution in [0.15, 0.2) is 6.20 Å². The number of aromatic nitrogens is 2. The second-order valence-corrected chi connectivity index (χ2v) is 4.87. The van der Waals surface area contributed by atoms with Gasteiger partial charge in [-0.25, -0.2) is 0 Å². The Morgan fingerprint density at radius 3 is 2.79 bits per heavy atom. The fraction of sp³-hybridized carbons (Fsp3) is 0.571. The summed E-state index contributed by atoms with van der Waals surface area (Å²) in [5.74, 6) is 0.415. The largest absolute Gasteiger partial charge is 0.300 e. The van der Waals surface area contributed by atoms with Crippen molar-refractivity contribution in [3.05, 3.63) is 11.8 Å². The number of aromatic amines is 1. The van der Waals surface area contributed by atoms with Gasteiger partial charge < -0.3 is 0 Å². The van der Waals surface area contributed by atoms with Crippen LogP contribution in [-0.4, -0.2) is 24.7 Å². The van der Waals surface area contributed by atoms with E-state index in [1.807, 2.05) is 0 Å². The summed E-state index contributed by atoms with van der Waals surface area (Å²) in [4.78, 5) is 0. The summed E-state index contributed by atoms with van der Waals surface area (Å²) in [5.41, 5.74) is 0.770. The monoisotopic (exact) mass is 216 g/mol. The normalized spacial score (nSPS) is 16.9. The van der Waals surface area contributed by atoms with Crippen LogP contribution in [0.25, 0.3) is 0 Å².